The Morgan fingerprint density at radius 1 is 1.39 bits per heavy atom. The van der Waals surface area contributed by atoms with Crippen LogP contribution in [0.3, 0.4) is 0 Å². The van der Waals surface area contributed by atoms with Gasteiger partial charge in [-0.15, -0.1) is 10.2 Å². The Bertz CT molecular complexity index is 791. The summed E-state index contributed by atoms with van der Waals surface area (Å²) in [5.41, 5.74) is 0.764. The highest BCUT2D eigenvalue weighted by atomic mass is 127. The molecule has 118 valence electrons. The quantitative estimate of drug-likeness (QED) is 0.461. The number of rotatable bonds is 6. The standard InChI is InChI=1S/C13H11IN6O2S/c14-9-2-1-3-10(4-9)17-11(21)6-23-13-19-18-12(22-13)5-20-8-15-7-16-20/h1-4,7-8H,5-6H2,(H,17,21). The molecule has 1 N–H and O–H groups in total. The van der Waals surface area contributed by atoms with E-state index in [1.807, 2.05) is 24.3 Å². The summed E-state index contributed by atoms with van der Waals surface area (Å²) in [6.45, 7) is 0.349. The zero-order valence-electron chi connectivity index (χ0n) is 11.7. The minimum Gasteiger partial charge on any atom is -0.414 e. The molecule has 3 aromatic rings. The number of benzene rings is 1. The van der Waals surface area contributed by atoms with E-state index in [0.717, 1.165) is 9.26 Å². The van der Waals surface area contributed by atoms with Crippen molar-refractivity contribution >= 4 is 45.9 Å². The summed E-state index contributed by atoms with van der Waals surface area (Å²) in [6, 6.07) is 7.58. The molecule has 1 amide bonds. The number of hydrogen-bond donors (Lipinski definition) is 1. The summed E-state index contributed by atoms with van der Waals surface area (Å²) in [4.78, 5) is 15.7. The average molecular weight is 442 g/mol. The van der Waals surface area contributed by atoms with E-state index in [4.69, 9.17) is 4.42 Å². The van der Waals surface area contributed by atoms with Crippen LogP contribution < -0.4 is 5.32 Å². The Hall–Kier alpha value is -1.95. The van der Waals surface area contributed by atoms with E-state index in [9.17, 15) is 4.79 Å². The molecule has 0 saturated heterocycles. The van der Waals surface area contributed by atoms with Crippen molar-refractivity contribution in [3.8, 4) is 0 Å². The predicted molar refractivity (Wildman–Crippen MR) is 91.9 cm³/mol. The lowest BCUT2D eigenvalue weighted by Crippen LogP contribution is -2.14. The topological polar surface area (TPSA) is 98.7 Å². The van der Waals surface area contributed by atoms with Crippen molar-refractivity contribution in [1.29, 1.82) is 0 Å². The van der Waals surface area contributed by atoms with E-state index >= 15 is 0 Å². The largest absolute Gasteiger partial charge is 0.414 e. The Morgan fingerprint density at radius 3 is 3.09 bits per heavy atom. The number of thioether (sulfide) groups is 1. The van der Waals surface area contributed by atoms with Gasteiger partial charge >= 0.3 is 0 Å². The smallest absolute Gasteiger partial charge is 0.277 e. The first-order valence-corrected chi connectivity index (χ1v) is 8.58. The summed E-state index contributed by atoms with van der Waals surface area (Å²) in [6.07, 6.45) is 2.99. The van der Waals surface area contributed by atoms with Gasteiger partial charge in [0.1, 0.15) is 19.2 Å². The molecule has 0 unspecified atom stereocenters. The van der Waals surface area contributed by atoms with Gasteiger partial charge in [0, 0.05) is 9.26 Å². The van der Waals surface area contributed by atoms with Crippen molar-refractivity contribution in [3.05, 3.63) is 46.4 Å². The van der Waals surface area contributed by atoms with E-state index in [1.54, 1.807) is 11.0 Å². The van der Waals surface area contributed by atoms with Gasteiger partial charge in [-0.25, -0.2) is 9.67 Å². The number of carbonyl (C=O) groups is 1. The van der Waals surface area contributed by atoms with Gasteiger partial charge in [-0.1, -0.05) is 17.8 Å². The molecule has 3 rings (SSSR count). The molecule has 0 radical (unpaired) electrons. The molecule has 0 saturated carbocycles. The maximum atomic E-state index is 11.9. The number of aromatic nitrogens is 5. The molecule has 1 aromatic carbocycles. The van der Waals surface area contributed by atoms with Crippen LogP contribution in [0.5, 0.6) is 0 Å². The fraction of sp³-hybridized carbons (Fsp3) is 0.154. The number of amides is 1. The van der Waals surface area contributed by atoms with E-state index in [-0.39, 0.29) is 11.7 Å². The summed E-state index contributed by atoms with van der Waals surface area (Å²) in [5, 5.41) is 14.9. The average Bonchev–Trinajstić information content (AvgIpc) is 3.18. The number of nitrogens with one attached hydrogen (secondary N) is 1. The number of hydrogen-bond acceptors (Lipinski definition) is 7. The van der Waals surface area contributed by atoms with Gasteiger partial charge < -0.3 is 9.73 Å². The Balaban J connectivity index is 1.50. The monoisotopic (exact) mass is 442 g/mol. The highest BCUT2D eigenvalue weighted by molar-refractivity contribution is 14.1. The molecule has 2 aromatic heterocycles. The Morgan fingerprint density at radius 2 is 2.30 bits per heavy atom. The van der Waals surface area contributed by atoms with E-state index in [2.05, 4.69) is 48.2 Å². The van der Waals surface area contributed by atoms with Crippen molar-refractivity contribution in [2.45, 2.75) is 11.8 Å². The van der Waals surface area contributed by atoms with Crippen LogP contribution in [0.15, 0.2) is 46.6 Å². The predicted octanol–water partition coefficient (Wildman–Crippen LogP) is 2.04. The molecule has 0 spiro atoms. The third-order valence-electron chi connectivity index (χ3n) is 2.65. The molecule has 23 heavy (non-hydrogen) atoms. The fourth-order valence-corrected chi connectivity index (χ4v) is 2.83. The van der Waals surface area contributed by atoms with Crippen LogP contribution in [0.4, 0.5) is 5.69 Å². The molecule has 0 bridgehead atoms. The summed E-state index contributed by atoms with van der Waals surface area (Å²) in [5.74, 6) is 0.472. The second-order valence-corrected chi connectivity index (χ2v) is 6.57. The second kappa shape index (κ2) is 7.55. The van der Waals surface area contributed by atoms with Crippen LogP contribution in [-0.2, 0) is 11.3 Å². The van der Waals surface area contributed by atoms with Gasteiger partial charge in [0.05, 0.1) is 5.75 Å². The molecule has 8 nitrogen and oxygen atoms in total. The minimum atomic E-state index is -0.131. The van der Waals surface area contributed by atoms with Crippen molar-refractivity contribution in [2.75, 3.05) is 11.1 Å². The van der Waals surface area contributed by atoms with Gasteiger partial charge in [0.25, 0.3) is 5.22 Å². The molecule has 0 aliphatic rings. The van der Waals surface area contributed by atoms with Crippen LogP contribution in [0.1, 0.15) is 5.89 Å². The third kappa shape index (κ3) is 4.76. The lowest BCUT2D eigenvalue weighted by Gasteiger charge is -2.04. The maximum Gasteiger partial charge on any atom is 0.277 e. The van der Waals surface area contributed by atoms with Gasteiger partial charge in [-0.3, -0.25) is 4.79 Å². The molecule has 10 heteroatoms. The van der Waals surface area contributed by atoms with Gasteiger partial charge in [0.2, 0.25) is 11.8 Å². The number of halogens is 1. The molecule has 0 fully saturated rings. The molecular formula is C13H11IN6O2S. The van der Waals surface area contributed by atoms with Crippen LogP contribution in [0.25, 0.3) is 0 Å². The normalized spacial score (nSPS) is 10.7. The molecule has 2 heterocycles. The van der Waals surface area contributed by atoms with Gasteiger partial charge in [-0.05, 0) is 40.8 Å². The molecule has 0 aliphatic heterocycles. The Labute approximate surface area is 149 Å². The lowest BCUT2D eigenvalue weighted by molar-refractivity contribution is -0.113. The highest BCUT2D eigenvalue weighted by Gasteiger charge is 2.10. The van der Waals surface area contributed by atoms with Crippen molar-refractivity contribution < 1.29 is 9.21 Å². The fourth-order valence-electron chi connectivity index (χ4n) is 1.70. The van der Waals surface area contributed by atoms with E-state index < -0.39 is 0 Å². The van der Waals surface area contributed by atoms with Crippen LogP contribution in [-0.4, -0.2) is 36.6 Å². The minimum absolute atomic E-state index is 0.131. The second-order valence-electron chi connectivity index (χ2n) is 4.40. The number of carbonyl (C=O) groups excluding carboxylic acids is 1. The van der Waals surface area contributed by atoms with Gasteiger partial charge in [-0.2, -0.15) is 5.10 Å². The van der Waals surface area contributed by atoms with Crippen molar-refractivity contribution in [1.82, 2.24) is 25.0 Å². The number of nitrogens with zero attached hydrogens (tertiary/aromatic N) is 5. The zero-order chi connectivity index (χ0) is 16.1. The van der Waals surface area contributed by atoms with E-state index in [0.29, 0.717) is 17.7 Å². The summed E-state index contributed by atoms with van der Waals surface area (Å²) < 4.78 is 8.08. The zero-order valence-corrected chi connectivity index (χ0v) is 14.7. The van der Waals surface area contributed by atoms with Crippen LogP contribution in [0.2, 0.25) is 0 Å². The van der Waals surface area contributed by atoms with Crippen molar-refractivity contribution in [3.63, 3.8) is 0 Å². The van der Waals surface area contributed by atoms with Crippen molar-refractivity contribution in [2.24, 2.45) is 0 Å². The maximum absolute atomic E-state index is 11.9. The van der Waals surface area contributed by atoms with Gasteiger partial charge in [0.15, 0.2) is 0 Å². The summed E-state index contributed by atoms with van der Waals surface area (Å²) >= 11 is 3.38. The first kappa shape index (κ1) is 15.9. The number of anilines is 1. The SMILES string of the molecule is O=C(CSc1nnc(Cn2cncn2)o1)Nc1cccc(I)c1. The first-order valence-electron chi connectivity index (χ1n) is 6.52. The Kier molecular flexibility index (Phi) is 5.23. The van der Waals surface area contributed by atoms with E-state index in [1.165, 1.54) is 18.1 Å². The van der Waals surface area contributed by atoms with Crippen LogP contribution in [0, 0.1) is 3.57 Å². The molecule has 0 aliphatic carbocycles. The van der Waals surface area contributed by atoms with Crippen LogP contribution >= 0.6 is 34.4 Å². The molecule has 0 atom stereocenters. The first-order chi connectivity index (χ1) is 11.2. The highest BCUT2D eigenvalue weighted by Crippen LogP contribution is 2.17. The lowest BCUT2D eigenvalue weighted by atomic mass is 10.3. The molecular weight excluding hydrogens is 431 g/mol. The third-order valence-corrected chi connectivity index (χ3v) is 4.14. The summed E-state index contributed by atoms with van der Waals surface area (Å²) in [7, 11) is 0.